The zero-order valence-electron chi connectivity index (χ0n) is 16.4. The van der Waals surface area contributed by atoms with Gasteiger partial charge in [-0.25, -0.2) is 4.99 Å². The van der Waals surface area contributed by atoms with Crippen molar-refractivity contribution in [3.63, 3.8) is 0 Å². The Morgan fingerprint density at radius 2 is 1.89 bits per heavy atom. The van der Waals surface area contributed by atoms with E-state index in [9.17, 15) is 0 Å². The van der Waals surface area contributed by atoms with E-state index in [1.54, 1.807) is 6.26 Å². The third-order valence-corrected chi connectivity index (χ3v) is 3.89. The van der Waals surface area contributed by atoms with Gasteiger partial charge in [0, 0.05) is 38.3 Å². The van der Waals surface area contributed by atoms with Crippen LogP contribution < -0.4 is 15.4 Å². The summed E-state index contributed by atoms with van der Waals surface area (Å²) < 4.78 is 16.5. The molecular formula is C21H31N3O3. The fourth-order valence-corrected chi connectivity index (χ4v) is 2.55. The molecule has 148 valence electrons. The van der Waals surface area contributed by atoms with Crippen molar-refractivity contribution in [3.05, 3.63) is 54.0 Å². The SMILES string of the molecule is CCOCCCNC(=NCc1ccccc1OCC)NCCc1ccco1. The maximum atomic E-state index is 5.69. The number of aliphatic imine (C=N–C) groups is 1. The van der Waals surface area contributed by atoms with Gasteiger partial charge >= 0.3 is 0 Å². The number of hydrogen-bond donors (Lipinski definition) is 2. The van der Waals surface area contributed by atoms with Gasteiger partial charge in [-0.1, -0.05) is 18.2 Å². The summed E-state index contributed by atoms with van der Waals surface area (Å²) in [5, 5.41) is 6.74. The fourth-order valence-electron chi connectivity index (χ4n) is 2.55. The Labute approximate surface area is 162 Å². The standard InChI is InChI=1S/C21H31N3O3/c1-3-25-15-8-13-22-21(23-14-12-19-10-7-16-27-19)24-17-18-9-5-6-11-20(18)26-4-2/h5-7,9-11,16H,3-4,8,12-15,17H2,1-2H3,(H2,22,23,24). The number of nitrogens with one attached hydrogen (secondary N) is 2. The molecule has 0 bridgehead atoms. The molecule has 0 aliphatic rings. The molecule has 0 spiro atoms. The van der Waals surface area contributed by atoms with Gasteiger partial charge in [0.25, 0.3) is 0 Å². The molecule has 0 saturated heterocycles. The third-order valence-electron chi connectivity index (χ3n) is 3.89. The minimum Gasteiger partial charge on any atom is -0.494 e. The topological polar surface area (TPSA) is 68.0 Å². The molecule has 0 amide bonds. The number of hydrogen-bond acceptors (Lipinski definition) is 4. The van der Waals surface area contributed by atoms with Crippen molar-refractivity contribution in [2.75, 3.05) is 32.9 Å². The molecule has 2 N–H and O–H groups in total. The summed E-state index contributed by atoms with van der Waals surface area (Å²) in [6.45, 7) is 8.24. The van der Waals surface area contributed by atoms with Crippen LogP contribution in [0.5, 0.6) is 5.75 Å². The molecule has 0 saturated carbocycles. The maximum absolute atomic E-state index is 5.69. The van der Waals surface area contributed by atoms with Crippen LogP contribution in [0.2, 0.25) is 0 Å². The second-order valence-electron chi connectivity index (χ2n) is 5.94. The first kappa shape index (κ1) is 20.8. The minimum atomic E-state index is 0.553. The summed E-state index contributed by atoms with van der Waals surface area (Å²) in [6, 6.07) is 11.9. The number of furan rings is 1. The van der Waals surface area contributed by atoms with Crippen molar-refractivity contribution < 1.29 is 13.9 Å². The number of ether oxygens (including phenoxy) is 2. The molecule has 1 heterocycles. The molecule has 27 heavy (non-hydrogen) atoms. The molecule has 0 aliphatic carbocycles. The highest BCUT2D eigenvalue weighted by atomic mass is 16.5. The van der Waals surface area contributed by atoms with Crippen LogP contribution in [0.3, 0.4) is 0 Å². The first-order valence-electron chi connectivity index (χ1n) is 9.66. The van der Waals surface area contributed by atoms with Crippen LogP contribution in [0, 0.1) is 0 Å². The molecule has 0 aliphatic heterocycles. The Kier molecular flexibility index (Phi) is 9.89. The third kappa shape index (κ3) is 8.17. The molecular weight excluding hydrogens is 342 g/mol. The van der Waals surface area contributed by atoms with E-state index in [4.69, 9.17) is 18.9 Å². The van der Waals surface area contributed by atoms with E-state index in [1.807, 2.05) is 50.2 Å². The quantitative estimate of drug-likeness (QED) is 0.339. The molecule has 2 rings (SSSR count). The summed E-state index contributed by atoms with van der Waals surface area (Å²) in [6.07, 6.45) is 3.44. The van der Waals surface area contributed by atoms with Crippen LogP contribution in [0.4, 0.5) is 0 Å². The fraction of sp³-hybridized carbons (Fsp3) is 0.476. The van der Waals surface area contributed by atoms with Crippen molar-refractivity contribution >= 4 is 5.96 Å². The van der Waals surface area contributed by atoms with Crippen molar-refractivity contribution in [3.8, 4) is 5.75 Å². The predicted molar refractivity (Wildman–Crippen MR) is 108 cm³/mol. The molecule has 1 aromatic heterocycles. The molecule has 1 aromatic carbocycles. The van der Waals surface area contributed by atoms with Gasteiger partial charge in [-0.3, -0.25) is 0 Å². The van der Waals surface area contributed by atoms with Gasteiger partial charge in [-0.2, -0.15) is 0 Å². The lowest BCUT2D eigenvalue weighted by Gasteiger charge is -2.13. The van der Waals surface area contributed by atoms with E-state index in [0.717, 1.165) is 62.2 Å². The van der Waals surface area contributed by atoms with Crippen molar-refractivity contribution in [1.29, 1.82) is 0 Å². The first-order chi connectivity index (χ1) is 13.3. The maximum Gasteiger partial charge on any atom is 0.191 e. The highest BCUT2D eigenvalue weighted by Crippen LogP contribution is 2.18. The van der Waals surface area contributed by atoms with Gasteiger partial charge < -0.3 is 24.5 Å². The molecule has 0 unspecified atom stereocenters. The van der Waals surface area contributed by atoms with Gasteiger partial charge in [0.2, 0.25) is 0 Å². The average molecular weight is 373 g/mol. The number of para-hydroxylation sites is 1. The zero-order chi connectivity index (χ0) is 19.2. The highest BCUT2D eigenvalue weighted by Gasteiger charge is 2.04. The molecule has 0 fully saturated rings. The second-order valence-corrected chi connectivity index (χ2v) is 5.94. The number of benzene rings is 1. The number of guanidine groups is 1. The largest absolute Gasteiger partial charge is 0.494 e. The van der Waals surface area contributed by atoms with Gasteiger partial charge in [-0.15, -0.1) is 0 Å². The van der Waals surface area contributed by atoms with Crippen LogP contribution in [-0.4, -0.2) is 38.9 Å². The van der Waals surface area contributed by atoms with Crippen molar-refractivity contribution in [2.45, 2.75) is 33.2 Å². The van der Waals surface area contributed by atoms with Gasteiger partial charge in [0.1, 0.15) is 11.5 Å². The van der Waals surface area contributed by atoms with Crippen LogP contribution in [0.1, 0.15) is 31.6 Å². The van der Waals surface area contributed by atoms with Crippen LogP contribution in [0.15, 0.2) is 52.1 Å². The number of nitrogens with zero attached hydrogens (tertiary/aromatic N) is 1. The average Bonchev–Trinajstić information content (AvgIpc) is 3.20. The molecule has 2 aromatic rings. The second kappa shape index (κ2) is 12.8. The normalized spacial score (nSPS) is 11.4. The Morgan fingerprint density at radius 3 is 2.67 bits per heavy atom. The lowest BCUT2D eigenvalue weighted by Crippen LogP contribution is -2.39. The summed E-state index contributed by atoms with van der Waals surface area (Å²) in [5.74, 6) is 2.62. The molecule has 0 radical (unpaired) electrons. The molecule has 6 nitrogen and oxygen atoms in total. The Morgan fingerprint density at radius 1 is 1.04 bits per heavy atom. The predicted octanol–water partition coefficient (Wildman–Crippen LogP) is 3.38. The van der Waals surface area contributed by atoms with E-state index in [2.05, 4.69) is 10.6 Å². The van der Waals surface area contributed by atoms with E-state index in [1.165, 1.54) is 0 Å². The molecule has 0 atom stereocenters. The van der Waals surface area contributed by atoms with E-state index < -0.39 is 0 Å². The Bertz CT molecular complexity index is 656. The summed E-state index contributed by atoms with van der Waals surface area (Å²) in [7, 11) is 0. The van der Waals surface area contributed by atoms with Crippen LogP contribution in [-0.2, 0) is 17.7 Å². The van der Waals surface area contributed by atoms with Crippen molar-refractivity contribution in [1.82, 2.24) is 10.6 Å². The van der Waals surface area contributed by atoms with E-state index in [0.29, 0.717) is 13.2 Å². The highest BCUT2D eigenvalue weighted by molar-refractivity contribution is 5.79. The Balaban J connectivity index is 1.91. The van der Waals surface area contributed by atoms with E-state index >= 15 is 0 Å². The monoisotopic (exact) mass is 373 g/mol. The lowest BCUT2D eigenvalue weighted by molar-refractivity contribution is 0.145. The van der Waals surface area contributed by atoms with Crippen molar-refractivity contribution in [2.24, 2.45) is 4.99 Å². The van der Waals surface area contributed by atoms with Gasteiger partial charge in [0.15, 0.2) is 5.96 Å². The number of rotatable bonds is 12. The Hall–Kier alpha value is -2.47. The van der Waals surface area contributed by atoms with Crippen LogP contribution >= 0.6 is 0 Å². The van der Waals surface area contributed by atoms with Gasteiger partial charge in [0.05, 0.1) is 19.4 Å². The van der Waals surface area contributed by atoms with Gasteiger partial charge in [-0.05, 0) is 38.5 Å². The molecule has 6 heteroatoms. The zero-order valence-corrected chi connectivity index (χ0v) is 16.4. The smallest absolute Gasteiger partial charge is 0.191 e. The first-order valence-corrected chi connectivity index (χ1v) is 9.66. The van der Waals surface area contributed by atoms with E-state index in [-0.39, 0.29) is 0 Å². The summed E-state index contributed by atoms with van der Waals surface area (Å²) in [5.41, 5.74) is 1.07. The summed E-state index contributed by atoms with van der Waals surface area (Å²) >= 11 is 0. The lowest BCUT2D eigenvalue weighted by atomic mass is 10.2. The minimum absolute atomic E-state index is 0.553. The van der Waals surface area contributed by atoms with Crippen LogP contribution in [0.25, 0.3) is 0 Å². The summed E-state index contributed by atoms with van der Waals surface area (Å²) in [4.78, 5) is 4.72.